The first kappa shape index (κ1) is 14.0. The van der Waals surface area contributed by atoms with E-state index < -0.39 is 5.97 Å². The van der Waals surface area contributed by atoms with Crippen LogP contribution in [0.15, 0.2) is 24.5 Å². The Hall–Kier alpha value is -2.37. The molecule has 2 heterocycles. The van der Waals surface area contributed by atoms with Gasteiger partial charge in [0.2, 0.25) is 5.91 Å². The van der Waals surface area contributed by atoms with Crippen molar-refractivity contribution in [2.75, 3.05) is 5.32 Å². The summed E-state index contributed by atoms with van der Waals surface area (Å²) in [5.41, 5.74) is 1.02. The van der Waals surface area contributed by atoms with Gasteiger partial charge in [-0.2, -0.15) is 5.10 Å². The minimum atomic E-state index is -1.04. The minimum Gasteiger partial charge on any atom is -0.478 e. The van der Waals surface area contributed by atoms with Gasteiger partial charge >= 0.3 is 5.97 Å². The van der Waals surface area contributed by atoms with Gasteiger partial charge in [0, 0.05) is 18.3 Å². The fourth-order valence-corrected chi connectivity index (χ4v) is 1.91. The van der Waals surface area contributed by atoms with E-state index in [4.69, 9.17) is 5.11 Å². The summed E-state index contributed by atoms with van der Waals surface area (Å²) >= 11 is 0. The van der Waals surface area contributed by atoms with Gasteiger partial charge in [-0.1, -0.05) is 20.8 Å². The number of carboxylic acids is 1. The zero-order chi connectivity index (χ0) is 14.9. The van der Waals surface area contributed by atoms with Crippen LogP contribution >= 0.6 is 0 Å². The minimum absolute atomic E-state index is 0.0989. The third kappa shape index (κ3) is 3.14. The molecule has 2 rings (SSSR count). The van der Waals surface area contributed by atoms with E-state index in [0.717, 1.165) is 0 Å². The van der Waals surface area contributed by atoms with Crippen molar-refractivity contribution >= 4 is 23.1 Å². The first-order chi connectivity index (χ1) is 9.26. The summed E-state index contributed by atoms with van der Waals surface area (Å²) in [5.74, 6) is -1.14. The van der Waals surface area contributed by atoms with E-state index in [1.165, 1.54) is 10.7 Å². The van der Waals surface area contributed by atoms with E-state index in [0.29, 0.717) is 17.6 Å². The molecule has 0 aliphatic heterocycles. The molecule has 6 heteroatoms. The molecule has 0 saturated heterocycles. The smallest absolute Gasteiger partial charge is 0.339 e. The van der Waals surface area contributed by atoms with Crippen molar-refractivity contribution in [2.24, 2.45) is 5.41 Å². The number of fused-ring (bicyclic) bond motifs is 1. The summed E-state index contributed by atoms with van der Waals surface area (Å²) in [6.45, 7) is 5.94. The zero-order valence-corrected chi connectivity index (χ0v) is 11.7. The van der Waals surface area contributed by atoms with E-state index >= 15 is 0 Å². The molecule has 0 bridgehead atoms. The quantitative estimate of drug-likeness (QED) is 0.901. The topological polar surface area (TPSA) is 83.7 Å². The van der Waals surface area contributed by atoms with Crippen LogP contribution in [-0.4, -0.2) is 26.6 Å². The van der Waals surface area contributed by atoms with Gasteiger partial charge in [-0.15, -0.1) is 0 Å². The van der Waals surface area contributed by atoms with Crippen LogP contribution in [-0.2, 0) is 4.79 Å². The van der Waals surface area contributed by atoms with Crippen molar-refractivity contribution in [3.8, 4) is 0 Å². The lowest BCUT2D eigenvalue weighted by Crippen LogP contribution is -2.19. The molecular formula is C14H17N3O3. The Kier molecular flexibility index (Phi) is 3.48. The maximum atomic E-state index is 11.9. The summed E-state index contributed by atoms with van der Waals surface area (Å²) < 4.78 is 1.46. The van der Waals surface area contributed by atoms with Crippen LogP contribution in [0.1, 0.15) is 37.6 Å². The number of hydrogen-bond acceptors (Lipinski definition) is 3. The molecule has 0 fully saturated rings. The molecule has 0 radical (unpaired) electrons. The highest BCUT2D eigenvalue weighted by molar-refractivity contribution is 5.97. The molecular weight excluding hydrogens is 258 g/mol. The van der Waals surface area contributed by atoms with Crippen molar-refractivity contribution in [3.05, 3.63) is 30.1 Å². The van der Waals surface area contributed by atoms with Crippen molar-refractivity contribution in [2.45, 2.75) is 27.2 Å². The zero-order valence-electron chi connectivity index (χ0n) is 11.7. The number of carbonyl (C=O) groups excluding carboxylic acids is 1. The monoisotopic (exact) mass is 275 g/mol. The van der Waals surface area contributed by atoms with Crippen LogP contribution < -0.4 is 5.32 Å². The second-order valence-electron chi connectivity index (χ2n) is 5.89. The number of hydrogen-bond donors (Lipinski definition) is 2. The summed E-state index contributed by atoms with van der Waals surface area (Å²) in [7, 11) is 0. The molecule has 1 amide bonds. The fourth-order valence-electron chi connectivity index (χ4n) is 1.91. The van der Waals surface area contributed by atoms with E-state index in [1.54, 1.807) is 18.3 Å². The lowest BCUT2D eigenvalue weighted by Gasteiger charge is -2.17. The van der Waals surface area contributed by atoms with Crippen LogP contribution in [0.3, 0.4) is 0 Å². The maximum absolute atomic E-state index is 11.9. The first-order valence-corrected chi connectivity index (χ1v) is 6.27. The second kappa shape index (κ2) is 4.96. The standard InChI is InChI=1S/C14H17N3O3/c1-14(2,3)7-12(18)16-9-4-5-17-11(6-9)10(8-15-17)13(19)20/h4-6,8H,7H2,1-3H3,(H,16,18)(H,19,20). The predicted molar refractivity (Wildman–Crippen MR) is 74.9 cm³/mol. The van der Waals surface area contributed by atoms with Crippen LogP contribution in [0.25, 0.3) is 5.52 Å². The maximum Gasteiger partial charge on any atom is 0.339 e. The molecule has 2 aromatic rings. The number of pyridine rings is 1. The van der Waals surface area contributed by atoms with Gasteiger partial charge in [-0.25, -0.2) is 9.31 Å². The SMILES string of the molecule is CC(C)(C)CC(=O)Nc1ccn2ncc(C(=O)O)c2c1. The molecule has 0 spiro atoms. The molecule has 0 aliphatic carbocycles. The van der Waals surface area contributed by atoms with Gasteiger partial charge in [0.05, 0.1) is 11.7 Å². The van der Waals surface area contributed by atoms with Crippen molar-refractivity contribution in [3.63, 3.8) is 0 Å². The molecule has 0 atom stereocenters. The Labute approximate surface area is 116 Å². The Morgan fingerprint density at radius 2 is 2.10 bits per heavy atom. The fraction of sp³-hybridized carbons (Fsp3) is 0.357. The van der Waals surface area contributed by atoms with Gasteiger partial charge < -0.3 is 10.4 Å². The number of amides is 1. The van der Waals surface area contributed by atoms with Crippen molar-refractivity contribution < 1.29 is 14.7 Å². The molecule has 20 heavy (non-hydrogen) atoms. The molecule has 106 valence electrons. The van der Waals surface area contributed by atoms with E-state index in [-0.39, 0.29) is 16.9 Å². The summed E-state index contributed by atoms with van der Waals surface area (Å²) in [6.07, 6.45) is 3.30. The summed E-state index contributed by atoms with van der Waals surface area (Å²) in [6, 6.07) is 3.29. The van der Waals surface area contributed by atoms with Crippen molar-refractivity contribution in [1.82, 2.24) is 9.61 Å². The van der Waals surface area contributed by atoms with Gasteiger partial charge in [0.25, 0.3) is 0 Å². The van der Waals surface area contributed by atoms with Crippen LogP contribution in [0, 0.1) is 5.41 Å². The molecule has 0 saturated carbocycles. The average Bonchev–Trinajstić information content (AvgIpc) is 2.69. The molecule has 2 aromatic heterocycles. The Bertz CT molecular complexity index is 668. The number of nitrogens with one attached hydrogen (secondary N) is 1. The number of carboxylic acid groups (broad SMARTS) is 1. The summed E-state index contributed by atoms with van der Waals surface area (Å²) in [4.78, 5) is 22.9. The number of anilines is 1. The Morgan fingerprint density at radius 1 is 1.40 bits per heavy atom. The normalized spacial score (nSPS) is 11.6. The molecule has 0 aromatic carbocycles. The third-order valence-corrected chi connectivity index (χ3v) is 2.73. The van der Waals surface area contributed by atoms with Gasteiger partial charge in [0.15, 0.2) is 0 Å². The molecule has 0 unspecified atom stereocenters. The van der Waals surface area contributed by atoms with E-state index in [2.05, 4.69) is 10.4 Å². The number of rotatable bonds is 3. The summed E-state index contributed by atoms with van der Waals surface area (Å²) in [5, 5.41) is 15.8. The molecule has 0 aliphatic rings. The molecule has 6 nitrogen and oxygen atoms in total. The number of nitrogens with zero attached hydrogens (tertiary/aromatic N) is 2. The number of aromatic nitrogens is 2. The Balaban J connectivity index is 2.25. The highest BCUT2D eigenvalue weighted by Gasteiger charge is 2.17. The Morgan fingerprint density at radius 3 is 2.70 bits per heavy atom. The number of carbonyl (C=O) groups is 2. The van der Waals surface area contributed by atoms with Gasteiger partial charge in [-0.05, 0) is 17.5 Å². The van der Waals surface area contributed by atoms with Gasteiger partial charge in [0.1, 0.15) is 5.56 Å². The van der Waals surface area contributed by atoms with Gasteiger partial charge in [-0.3, -0.25) is 4.79 Å². The average molecular weight is 275 g/mol. The lowest BCUT2D eigenvalue weighted by molar-refractivity contribution is -0.117. The van der Waals surface area contributed by atoms with Crippen LogP contribution in [0.4, 0.5) is 5.69 Å². The lowest BCUT2D eigenvalue weighted by atomic mass is 9.92. The first-order valence-electron chi connectivity index (χ1n) is 6.27. The number of aromatic carboxylic acids is 1. The molecule has 2 N–H and O–H groups in total. The predicted octanol–water partition coefficient (Wildman–Crippen LogP) is 2.41. The second-order valence-corrected chi connectivity index (χ2v) is 5.89. The highest BCUT2D eigenvalue weighted by Crippen LogP contribution is 2.21. The van der Waals surface area contributed by atoms with E-state index in [1.807, 2.05) is 20.8 Å². The van der Waals surface area contributed by atoms with E-state index in [9.17, 15) is 9.59 Å². The highest BCUT2D eigenvalue weighted by atomic mass is 16.4. The van der Waals surface area contributed by atoms with Crippen LogP contribution in [0.5, 0.6) is 0 Å². The largest absolute Gasteiger partial charge is 0.478 e. The van der Waals surface area contributed by atoms with Crippen LogP contribution in [0.2, 0.25) is 0 Å². The van der Waals surface area contributed by atoms with Crippen molar-refractivity contribution in [1.29, 1.82) is 0 Å². The third-order valence-electron chi connectivity index (χ3n) is 2.73.